The standard InChI is InChI=1S/C18H16Cl2N4/c19-14-8-13(9-15(20)10-14)11-3-1-4-12(7-11)16-17-22-5-2-6-24(17)18(21)23-16/h1,3-4,7-10,16H,2,5-6H2,(H2,21,23). The number of hydrogen-bond donors (Lipinski definition) is 1. The van der Waals surface area contributed by atoms with E-state index in [1.807, 2.05) is 29.2 Å². The zero-order valence-electron chi connectivity index (χ0n) is 12.9. The third-order valence-electron chi connectivity index (χ3n) is 4.27. The highest BCUT2D eigenvalue weighted by molar-refractivity contribution is 6.35. The van der Waals surface area contributed by atoms with Crippen LogP contribution < -0.4 is 5.73 Å². The van der Waals surface area contributed by atoms with Gasteiger partial charge in [-0.2, -0.15) is 0 Å². The summed E-state index contributed by atoms with van der Waals surface area (Å²) >= 11 is 12.3. The molecule has 0 saturated heterocycles. The Morgan fingerprint density at radius 3 is 2.62 bits per heavy atom. The fraction of sp³-hybridized carbons (Fsp3) is 0.222. The third-order valence-corrected chi connectivity index (χ3v) is 4.71. The molecular weight excluding hydrogens is 343 g/mol. The van der Waals surface area contributed by atoms with E-state index >= 15 is 0 Å². The first-order chi connectivity index (χ1) is 11.6. The molecule has 0 amide bonds. The van der Waals surface area contributed by atoms with Crippen molar-refractivity contribution >= 4 is 35.0 Å². The lowest BCUT2D eigenvalue weighted by molar-refractivity contribution is 0.545. The minimum Gasteiger partial charge on any atom is -0.369 e. The first kappa shape index (κ1) is 15.5. The number of rotatable bonds is 2. The van der Waals surface area contributed by atoms with Crippen molar-refractivity contribution in [3.05, 3.63) is 58.1 Å². The van der Waals surface area contributed by atoms with Crippen LogP contribution in [0.1, 0.15) is 18.0 Å². The molecule has 0 aromatic heterocycles. The van der Waals surface area contributed by atoms with E-state index in [4.69, 9.17) is 28.9 Å². The number of halogens is 2. The summed E-state index contributed by atoms with van der Waals surface area (Å²) in [5.74, 6) is 1.50. The monoisotopic (exact) mass is 358 g/mol. The Morgan fingerprint density at radius 2 is 1.83 bits per heavy atom. The number of guanidine groups is 1. The van der Waals surface area contributed by atoms with Crippen molar-refractivity contribution in [3.8, 4) is 11.1 Å². The van der Waals surface area contributed by atoms with Crippen LogP contribution in [-0.2, 0) is 0 Å². The van der Waals surface area contributed by atoms with Gasteiger partial charge in [-0.15, -0.1) is 0 Å². The average Bonchev–Trinajstić information content (AvgIpc) is 2.92. The first-order valence-corrected chi connectivity index (χ1v) is 8.59. The van der Waals surface area contributed by atoms with E-state index in [0.29, 0.717) is 16.0 Å². The van der Waals surface area contributed by atoms with Crippen molar-refractivity contribution in [2.75, 3.05) is 13.1 Å². The molecule has 0 aliphatic carbocycles. The van der Waals surface area contributed by atoms with E-state index in [1.165, 1.54) is 0 Å². The van der Waals surface area contributed by atoms with Crippen molar-refractivity contribution < 1.29 is 0 Å². The number of hydrogen-bond acceptors (Lipinski definition) is 4. The topological polar surface area (TPSA) is 54.0 Å². The molecule has 6 heteroatoms. The number of nitrogens with zero attached hydrogens (tertiary/aromatic N) is 3. The summed E-state index contributed by atoms with van der Waals surface area (Å²) < 4.78 is 0. The highest BCUT2D eigenvalue weighted by atomic mass is 35.5. The van der Waals surface area contributed by atoms with Crippen molar-refractivity contribution in [1.29, 1.82) is 0 Å². The van der Waals surface area contributed by atoms with Gasteiger partial charge >= 0.3 is 0 Å². The fourth-order valence-electron chi connectivity index (χ4n) is 3.18. The smallest absolute Gasteiger partial charge is 0.197 e. The van der Waals surface area contributed by atoms with Crippen LogP contribution >= 0.6 is 23.2 Å². The molecule has 24 heavy (non-hydrogen) atoms. The van der Waals surface area contributed by atoms with Crippen LogP contribution in [0, 0.1) is 0 Å². The number of fused-ring (bicyclic) bond motifs is 1. The summed E-state index contributed by atoms with van der Waals surface area (Å²) in [5, 5.41) is 1.24. The minimum atomic E-state index is -0.139. The first-order valence-electron chi connectivity index (χ1n) is 7.83. The Bertz CT molecular complexity index is 840. The van der Waals surface area contributed by atoms with Gasteiger partial charge in [0.25, 0.3) is 0 Å². The van der Waals surface area contributed by atoms with Crippen molar-refractivity contribution in [1.82, 2.24) is 4.90 Å². The molecule has 122 valence electrons. The summed E-state index contributed by atoms with van der Waals surface area (Å²) in [7, 11) is 0. The lowest BCUT2D eigenvalue weighted by atomic mass is 9.99. The van der Waals surface area contributed by atoms with Crippen LogP contribution in [0.15, 0.2) is 52.4 Å². The van der Waals surface area contributed by atoms with Gasteiger partial charge in [0, 0.05) is 23.1 Å². The van der Waals surface area contributed by atoms with Gasteiger partial charge in [-0.1, -0.05) is 41.4 Å². The predicted molar refractivity (Wildman–Crippen MR) is 99.9 cm³/mol. The molecule has 2 aliphatic rings. The molecule has 0 saturated carbocycles. The molecule has 1 unspecified atom stereocenters. The van der Waals surface area contributed by atoms with Crippen LogP contribution in [0.3, 0.4) is 0 Å². The predicted octanol–water partition coefficient (Wildman–Crippen LogP) is 4.13. The van der Waals surface area contributed by atoms with Gasteiger partial charge in [-0.3, -0.25) is 9.89 Å². The largest absolute Gasteiger partial charge is 0.369 e. The number of nitrogens with two attached hydrogens (primary N) is 1. The molecular formula is C18H16Cl2N4. The van der Waals surface area contributed by atoms with Gasteiger partial charge in [-0.05, 0) is 47.4 Å². The number of benzene rings is 2. The molecule has 1 atom stereocenters. The number of aliphatic imine (C=N–C) groups is 2. The van der Waals surface area contributed by atoms with E-state index in [1.54, 1.807) is 6.07 Å². The van der Waals surface area contributed by atoms with Crippen molar-refractivity contribution in [2.24, 2.45) is 15.7 Å². The van der Waals surface area contributed by atoms with E-state index in [-0.39, 0.29) is 6.04 Å². The maximum atomic E-state index is 6.13. The lowest BCUT2D eigenvalue weighted by Gasteiger charge is -2.24. The van der Waals surface area contributed by atoms with E-state index in [0.717, 1.165) is 42.0 Å². The molecule has 2 aliphatic heterocycles. The molecule has 0 bridgehead atoms. The normalized spacial score (nSPS) is 19.8. The van der Waals surface area contributed by atoms with Crippen LogP contribution in [0.25, 0.3) is 11.1 Å². The molecule has 0 spiro atoms. The molecule has 0 fully saturated rings. The zero-order valence-corrected chi connectivity index (χ0v) is 14.4. The molecule has 4 rings (SSSR count). The Labute approximate surface area is 150 Å². The lowest BCUT2D eigenvalue weighted by Crippen LogP contribution is -2.41. The van der Waals surface area contributed by atoms with Gasteiger partial charge in [0.2, 0.25) is 0 Å². The summed E-state index contributed by atoms with van der Waals surface area (Å²) in [5.41, 5.74) is 9.15. The van der Waals surface area contributed by atoms with Gasteiger partial charge in [0.1, 0.15) is 11.9 Å². The van der Waals surface area contributed by atoms with Crippen LogP contribution in [-0.4, -0.2) is 29.8 Å². The number of amidine groups is 1. The summed E-state index contributed by atoms with van der Waals surface area (Å²) in [6, 6.07) is 13.6. The van der Waals surface area contributed by atoms with Crippen molar-refractivity contribution in [2.45, 2.75) is 12.5 Å². The Morgan fingerprint density at radius 1 is 1.04 bits per heavy atom. The molecule has 2 N–H and O–H groups in total. The second kappa shape index (κ2) is 6.11. The van der Waals surface area contributed by atoms with Gasteiger partial charge in [-0.25, -0.2) is 4.99 Å². The van der Waals surface area contributed by atoms with Gasteiger partial charge in [0.05, 0.1) is 0 Å². The SMILES string of the molecule is NC1=NC(c2cccc(-c3cc(Cl)cc(Cl)c3)c2)C2=NCCCN12. The average molecular weight is 359 g/mol. The van der Waals surface area contributed by atoms with Gasteiger partial charge < -0.3 is 5.73 Å². The van der Waals surface area contributed by atoms with Crippen LogP contribution in [0.5, 0.6) is 0 Å². The maximum Gasteiger partial charge on any atom is 0.197 e. The molecule has 2 aromatic carbocycles. The highest BCUT2D eigenvalue weighted by Gasteiger charge is 2.33. The molecule has 2 aromatic rings. The molecule has 0 radical (unpaired) electrons. The van der Waals surface area contributed by atoms with E-state index in [2.05, 4.69) is 22.1 Å². The quantitative estimate of drug-likeness (QED) is 0.876. The van der Waals surface area contributed by atoms with Gasteiger partial charge in [0.15, 0.2) is 5.96 Å². The van der Waals surface area contributed by atoms with E-state index < -0.39 is 0 Å². The Hall–Kier alpha value is -2.04. The minimum absolute atomic E-state index is 0.139. The van der Waals surface area contributed by atoms with E-state index in [9.17, 15) is 0 Å². The molecule has 4 nitrogen and oxygen atoms in total. The summed E-state index contributed by atoms with van der Waals surface area (Å²) in [4.78, 5) is 11.3. The second-order valence-corrected chi connectivity index (χ2v) is 6.79. The summed E-state index contributed by atoms with van der Waals surface area (Å²) in [6.07, 6.45) is 1.01. The van der Waals surface area contributed by atoms with Crippen molar-refractivity contribution in [3.63, 3.8) is 0 Å². The summed E-state index contributed by atoms with van der Waals surface area (Å²) in [6.45, 7) is 1.71. The fourth-order valence-corrected chi connectivity index (χ4v) is 3.71. The molecule has 2 heterocycles. The third kappa shape index (κ3) is 2.76. The van der Waals surface area contributed by atoms with Crippen LogP contribution in [0.4, 0.5) is 0 Å². The Kier molecular flexibility index (Phi) is 3.94. The maximum absolute atomic E-state index is 6.13. The second-order valence-electron chi connectivity index (χ2n) is 5.92. The highest BCUT2D eigenvalue weighted by Crippen LogP contribution is 2.32. The Balaban J connectivity index is 1.74. The zero-order chi connectivity index (χ0) is 16.7. The van der Waals surface area contributed by atoms with Crippen LogP contribution in [0.2, 0.25) is 10.0 Å².